The second-order valence-corrected chi connectivity index (χ2v) is 4.72. The van der Waals surface area contributed by atoms with Gasteiger partial charge in [0.25, 0.3) is 0 Å². The molecule has 19 heavy (non-hydrogen) atoms. The molecule has 0 aliphatic heterocycles. The summed E-state index contributed by atoms with van der Waals surface area (Å²) in [5, 5.41) is 8.68. The fraction of sp³-hybridized carbons (Fsp3) is 0.533. The summed E-state index contributed by atoms with van der Waals surface area (Å²) in [4.78, 5) is 14.9. The van der Waals surface area contributed by atoms with E-state index >= 15 is 0 Å². The van der Waals surface area contributed by atoms with E-state index in [2.05, 4.69) is 43.0 Å². The van der Waals surface area contributed by atoms with Gasteiger partial charge in [-0.1, -0.05) is 12.1 Å². The molecular weight excluding hydrogens is 240 g/mol. The Balaban J connectivity index is 2.63. The molecule has 0 bridgehead atoms. The Morgan fingerprint density at radius 1 is 1.26 bits per heavy atom. The van der Waals surface area contributed by atoms with Crippen LogP contribution in [-0.2, 0) is 11.3 Å². The summed E-state index contributed by atoms with van der Waals surface area (Å²) in [6, 6.07) is 8.45. The number of aliphatic carboxylic acids is 1. The molecule has 1 aromatic carbocycles. The van der Waals surface area contributed by atoms with Crippen LogP contribution in [0.4, 0.5) is 5.69 Å². The molecule has 1 N–H and O–H groups in total. The van der Waals surface area contributed by atoms with E-state index in [1.807, 2.05) is 11.9 Å². The normalized spacial score (nSPS) is 10.7. The Hall–Kier alpha value is -1.55. The standard InChI is InChI=1S/C15H24N2O2/c1-4-17(5-2)14-8-6-7-13(11-14)12-16(3)10-9-15(18)19/h6-8,11H,4-5,9-10,12H2,1-3H3,(H,18,19). The minimum absolute atomic E-state index is 0.187. The predicted octanol–water partition coefficient (Wildman–Crippen LogP) is 2.44. The number of carboxylic acids is 1. The number of benzene rings is 1. The third kappa shape index (κ3) is 5.30. The lowest BCUT2D eigenvalue weighted by atomic mass is 10.1. The van der Waals surface area contributed by atoms with Crippen molar-refractivity contribution in [3.63, 3.8) is 0 Å². The largest absolute Gasteiger partial charge is 0.481 e. The van der Waals surface area contributed by atoms with E-state index in [0.29, 0.717) is 6.54 Å². The van der Waals surface area contributed by atoms with Gasteiger partial charge in [-0.2, -0.15) is 0 Å². The molecule has 4 nitrogen and oxygen atoms in total. The zero-order chi connectivity index (χ0) is 14.3. The van der Waals surface area contributed by atoms with E-state index in [4.69, 9.17) is 5.11 Å². The second-order valence-electron chi connectivity index (χ2n) is 4.72. The first-order valence-corrected chi connectivity index (χ1v) is 6.81. The van der Waals surface area contributed by atoms with E-state index < -0.39 is 5.97 Å². The molecule has 0 aliphatic rings. The highest BCUT2D eigenvalue weighted by molar-refractivity contribution is 5.66. The zero-order valence-corrected chi connectivity index (χ0v) is 12.1. The lowest BCUT2D eigenvalue weighted by Gasteiger charge is -2.22. The molecule has 0 aliphatic carbocycles. The smallest absolute Gasteiger partial charge is 0.304 e. The maximum atomic E-state index is 10.5. The highest BCUT2D eigenvalue weighted by Crippen LogP contribution is 2.16. The zero-order valence-electron chi connectivity index (χ0n) is 12.1. The molecule has 0 radical (unpaired) electrons. The van der Waals surface area contributed by atoms with Crippen molar-refractivity contribution >= 4 is 11.7 Å². The highest BCUT2D eigenvalue weighted by Gasteiger charge is 2.06. The first kappa shape index (κ1) is 15.5. The van der Waals surface area contributed by atoms with Gasteiger partial charge in [-0.3, -0.25) is 4.79 Å². The van der Waals surface area contributed by atoms with Crippen molar-refractivity contribution in [2.24, 2.45) is 0 Å². The van der Waals surface area contributed by atoms with Crippen molar-refractivity contribution < 1.29 is 9.90 Å². The number of hydrogen-bond donors (Lipinski definition) is 1. The average molecular weight is 264 g/mol. The van der Waals surface area contributed by atoms with Gasteiger partial charge in [0.15, 0.2) is 0 Å². The van der Waals surface area contributed by atoms with Crippen LogP contribution in [0.1, 0.15) is 25.8 Å². The van der Waals surface area contributed by atoms with Crippen LogP contribution in [0.5, 0.6) is 0 Å². The first-order chi connectivity index (χ1) is 9.06. The fourth-order valence-electron chi connectivity index (χ4n) is 2.12. The third-order valence-electron chi connectivity index (χ3n) is 3.20. The van der Waals surface area contributed by atoms with Gasteiger partial charge in [0.05, 0.1) is 6.42 Å². The second kappa shape index (κ2) is 7.79. The molecule has 0 spiro atoms. The summed E-state index contributed by atoms with van der Waals surface area (Å²) in [6.45, 7) is 7.64. The van der Waals surface area contributed by atoms with Gasteiger partial charge >= 0.3 is 5.97 Å². The van der Waals surface area contributed by atoms with E-state index in [-0.39, 0.29) is 6.42 Å². The highest BCUT2D eigenvalue weighted by atomic mass is 16.4. The first-order valence-electron chi connectivity index (χ1n) is 6.81. The number of rotatable bonds is 8. The summed E-state index contributed by atoms with van der Waals surface area (Å²) in [7, 11) is 1.95. The van der Waals surface area contributed by atoms with Crippen LogP contribution in [0.25, 0.3) is 0 Å². The molecule has 1 rings (SSSR count). The minimum atomic E-state index is -0.747. The fourth-order valence-corrected chi connectivity index (χ4v) is 2.12. The van der Waals surface area contributed by atoms with Gasteiger partial charge < -0.3 is 14.9 Å². The Labute approximate surface area is 115 Å². The van der Waals surface area contributed by atoms with Crippen molar-refractivity contribution in [2.75, 3.05) is 31.6 Å². The van der Waals surface area contributed by atoms with E-state index in [0.717, 1.165) is 19.6 Å². The maximum absolute atomic E-state index is 10.5. The van der Waals surface area contributed by atoms with E-state index in [1.54, 1.807) is 0 Å². The SMILES string of the molecule is CCN(CC)c1cccc(CN(C)CCC(=O)O)c1. The predicted molar refractivity (Wildman–Crippen MR) is 78.6 cm³/mol. The van der Waals surface area contributed by atoms with Crippen LogP contribution in [0.3, 0.4) is 0 Å². The maximum Gasteiger partial charge on any atom is 0.304 e. The summed E-state index contributed by atoms with van der Waals surface area (Å²) >= 11 is 0. The molecule has 0 fully saturated rings. The molecule has 4 heteroatoms. The third-order valence-corrected chi connectivity index (χ3v) is 3.20. The van der Waals surface area contributed by atoms with E-state index in [9.17, 15) is 4.79 Å². The van der Waals surface area contributed by atoms with Gasteiger partial charge in [0.1, 0.15) is 0 Å². The average Bonchev–Trinajstić information content (AvgIpc) is 2.38. The molecule has 0 atom stereocenters. The number of carbonyl (C=O) groups is 1. The van der Waals surface area contributed by atoms with Crippen LogP contribution in [0, 0.1) is 0 Å². The Bertz CT molecular complexity index is 403. The number of hydrogen-bond acceptors (Lipinski definition) is 3. The molecule has 0 amide bonds. The van der Waals surface area contributed by atoms with Crippen molar-refractivity contribution in [3.05, 3.63) is 29.8 Å². The van der Waals surface area contributed by atoms with Gasteiger partial charge in [0, 0.05) is 31.9 Å². The molecule has 0 unspecified atom stereocenters. The van der Waals surface area contributed by atoms with Crippen molar-refractivity contribution in [2.45, 2.75) is 26.8 Å². The van der Waals surface area contributed by atoms with Gasteiger partial charge in [-0.15, -0.1) is 0 Å². The summed E-state index contributed by atoms with van der Waals surface area (Å²) in [6.07, 6.45) is 0.187. The quantitative estimate of drug-likeness (QED) is 0.783. The Morgan fingerprint density at radius 2 is 1.95 bits per heavy atom. The minimum Gasteiger partial charge on any atom is -0.481 e. The molecule has 106 valence electrons. The van der Waals surface area contributed by atoms with Crippen molar-refractivity contribution in [3.8, 4) is 0 Å². The van der Waals surface area contributed by atoms with Gasteiger partial charge in [0.2, 0.25) is 0 Å². The summed E-state index contributed by atoms with van der Waals surface area (Å²) in [5.41, 5.74) is 2.45. The van der Waals surface area contributed by atoms with Crippen molar-refractivity contribution in [1.82, 2.24) is 4.90 Å². The van der Waals surface area contributed by atoms with Crippen LogP contribution in [0.15, 0.2) is 24.3 Å². The number of nitrogens with zero attached hydrogens (tertiary/aromatic N) is 2. The van der Waals surface area contributed by atoms with Crippen molar-refractivity contribution in [1.29, 1.82) is 0 Å². The summed E-state index contributed by atoms with van der Waals surface area (Å²) < 4.78 is 0. The number of carboxylic acid groups (broad SMARTS) is 1. The molecule has 0 heterocycles. The Morgan fingerprint density at radius 3 is 2.53 bits per heavy atom. The summed E-state index contributed by atoms with van der Waals surface area (Å²) in [5.74, 6) is -0.747. The van der Waals surface area contributed by atoms with Gasteiger partial charge in [-0.25, -0.2) is 0 Å². The van der Waals surface area contributed by atoms with E-state index in [1.165, 1.54) is 11.3 Å². The lowest BCUT2D eigenvalue weighted by Crippen LogP contribution is -2.23. The lowest BCUT2D eigenvalue weighted by molar-refractivity contribution is -0.137. The molecule has 1 aromatic rings. The van der Waals surface area contributed by atoms with Crippen LogP contribution in [-0.4, -0.2) is 42.7 Å². The molecule has 0 saturated heterocycles. The molecule has 0 aromatic heterocycles. The van der Waals surface area contributed by atoms with Crippen LogP contribution in [0.2, 0.25) is 0 Å². The van der Waals surface area contributed by atoms with Crippen LogP contribution < -0.4 is 4.90 Å². The molecular formula is C15H24N2O2. The topological polar surface area (TPSA) is 43.8 Å². The Kier molecular flexibility index (Phi) is 6.36. The van der Waals surface area contributed by atoms with Gasteiger partial charge in [-0.05, 0) is 38.6 Å². The number of anilines is 1. The molecule has 0 saturated carbocycles. The van der Waals surface area contributed by atoms with Crippen LogP contribution >= 0.6 is 0 Å². The monoisotopic (exact) mass is 264 g/mol.